The second-order valence-corrected chi connectivity index (χ2v) is 6.60. The van der Waals surface area contributed by atoms with Crippen molar-refractivity contribution in [1.82, 2.24) is 0 Å². The van der Waals surface area contributed by atoms with E-state index in [-0.39, 0.29) is 6.04 Å². The van der Waals surface area contributed by atoms with Gasteiger partial charge in [0.2, 0.25) is 0 Å². The van der Waals surface area contributed by atoms with E-state index in [1.165, 1.54) is 0 Å². The monoisotopic (exact) mass is 287 g/mol. The topological polar surface area (TPSA) is 52.3 Å². The van der Waals surface area contributed by atoms with Crippen molar-refractivity contribution >= 4 is 22.4 Å². The van der Waals surface area contributed by atoms with Crippen LogP contribution in [0.2, 0.25) is 5.02 Å². The van der Waals surface area contributed by atoms with Crippen LogP contribution < -0.4 is 5.73 Å². The lowest BCUT2D eigenvalue weighted by atomic mass is 10.0. The van der Waals surface area contributed by atoms with Crippen LogP contribution in [0.15, 0.2) is 24.3 Å². The lowest BCUT2D eigenvalue weighted by molar-refractivity contribution is 0.182. The van der Waals surface area contributed by atoms with Crippen molar-refractivity contribution in [2.45, 2.75) is 18.2 Å². The summed E-state index contributed by atoms with van der Waals surface area (Å²) >= 11 is 5.81. The minimum atomic E-state index is -0.927. The molecule has 100 valence electrons. The molecule has 1 heterocycles. The first-order valence-electron chi connectivity index (χ1n) is 6.08. The zero-order valence-corrected chi connectivity index (χ0v) is 11.8. The summed E-state index contributed by atoms with van der Waals surface area (Å²) in [4.78, 5) is 0. The molecule has 0 aliphatic carbocycles. The Kier molecular flexibility index (Phi) is 5.18. The molecule has 3 nitrogen and oxygen atoms in total. The fourth-order valence-corrected chi connectivity index (χ4v) is 3.58. The van der Waals surface area contributed by atoms with Crippen molar-refractivity contribution < 1.29 is 8.95 Å². The van der Waals surface area contributed by atoms with Gasteiger partial charge in [-0.3, -0.25) is 4.21 Å². The van der Waals surface area contributed by atoms with Crippen LogP contribution in [0.3, 0.4) is 0 Å². The van der Waals surface area contributed by atoms with E-state index in [2.05, 4.69) is 0 Å². The standard InChI is InChI=1S/C13H18ClNO2S/c14-12-3-1-10(2-4-12)8-18(16)9-13(15)11-5-6-17-7-11/h1-4,11,13H,5-9,15H2. The summed E-state index contributed by atoms with van der Waals surface area (Å²) < 4.78 is 17.3. The minimum Gasteiger partial charge on any atom is -0.381 e. The molecular weight excluding hydrogens is 270 g/mol. The van der Waals surface area contributed by atoms with Gasteiger partial charge in [-0.15, -0.1) is 0 Å². The van der Waals surface area contributed by atoms with Gasteiger partial charge in [0.1, 0.15) is 0 Å². The van der Waals surface area contributed by atoms with E-state index in [4.69, 9.17) is 22.1 Å². The molecule has 0 spiro atoms. The van der Waals surface area contributed by atoms with Gasteiger partial charge in [-0.25, -0.2) is 0 Å². The Bertz CT molecular complexity index is 404. The molecule has 1 aromatic carbocycles. The highest BCUT2D eigenvalue weighted by Gasteiger charge is 2.24. The smallest absolute Gasteiger partial charge is 0.0510 e. The van der Waals surface area contributed by atoms with Gasteiger partial charge in [-0.1, -0.05) is 23.7 Å². The van der Waals surface area contributed by atoms with Crippen molar-refractivity contribution in [2.75, 3.05) is 19.0 Å². The lowest BCUT2D eigenvalue weighted by Crippen LogP contribution is -2.35. The summed E-state index contributed by atoms with van der Waals surface area (Å²) in [5.41, 5.74) is 7.10. The van der Waals surface area contributed by atoms with E-state index in [1.807, 2.05) is 24.3 Å². The second kappa shape index (κ2) is 6.66. The Morgan fingerprint density at radius 2 is 2.17 bits per heavy atom. The van der Waals surface area contributed by atoms with Gasteiger partial charge in [0.05, 0.1) is 6.61 Å². The van der Waals surface area contributed by atoms with E-state index in [1.54, 1.807) is 0 Å². The molecule has 18 heavy (non-hydrogen) atoms. The van der Waals surface area contributed by atoms with Crippen LogP contribution in [0.25, 0.3) is 0 Å². The van der Waals surface area contributed by atoms with Crippen molar-refractivity contribution in [2.24, 2.45) is 11.7 Å². The molecule has 0 bridgehead atoms. The third-order valence-electron chi connectivity index (χ3n) is 3.19. The van der Waals surface area contributed by atoms with Crippen LogP contribution in [0.1, 0.15) is 12.0 Å². The van der Waals surface area contributed by atoms with E-state index in [9.17, 15) is 4.21 Å². The molecule has 3 unspecified atom stereocenters. The molecule has 1 saturated heterocycles. The maximum Gasteiger partial charge on any atom is 0.0510 e. The average Bonchev–Trinajstić information content (AvgIpc) is 2.85. The van der Waals surface area contributed by atoms with Crippen LogP contribution in [0.5, 0.6) is 0 Å². The predicted octanol–water partition coefficient (Wildman–Crippen LogP) is 1.95. The average molecular weight is 288 g/mol. The molecule has 2 N–H and O–H groups in total. The molecule has 3 atom stereocenters. The van der Waals surface area contributed by atoms with Gasteiger partial charge in [0, 0.05) is 45.9 Å². The second-order valence-electron chi connectivity index (χ2n) is 4.66. The Morgan fingerprint density at radius 3 is 2.78 bits per heavy atom. The van der Waals surface area contributed by atoms with Crippen molar-refractivity contribution in [3.63, 3.8) is 0 Å². The highest BCUT2D eigenvalue weighted by Crippen LogP contribution is 2.17. The molecule has 0 saturated carbocycles. The van der Waals surface area contributed by atoms with E-state index < -0.39 is 10.8 Å². The van der Waals surface area contributed by atoms with Crippen LogP contribution in [0.4, 0.5) is 0 Å². The number of rotatable bonds is 5. The summed E-state index contributed by atoms with van der Waals surface area (Å²) in [5, 5.41) is 0.698. The Labute approximate surface area is 115 Å². The zero-order valence-electron chi connectivity index (χ0n) is 10.2. The minimum absolute atomic E-state index is 0.0272. The van der Waals surface area contributed by atoms with Crippen LogP contribution in [0, 0.1) is 5.92 Å². The molecule has 1 aliphatic rings. The predicted molar refractivity (Wildman–Crippen MR) is 75.1 cm³/mol. The number of ether oxygens (including phenoxy) is 1. The molecule has 0 radical (unpaired) electrons. The van der Waals surface area contributed by atoms with Gasteiger partial charge in [0.25, 0.3) is 0 Å². The van der Waals surface area contributed by atoms with Crippen LogP contribution in [-0.4, -0.2) is 29.2 Å². The number of benzene rings is 1. The van der Waals surface area contributed by atoms with Gasteiger partial charge in [0.15, 0.2) is 0 Å². The Hall–Kier alpha value is -0.420. The van der Waals surface area contributed by atoms with E-state index in [0.29, 0.717) is 29.1 Å². The normalized spacial score (nSPS) is 22.9. The molecule has 0 amide bonds. The Balaban J connectivity index is 1.82. The summed E-state index contributed by atoms with van der Waals surface area (Å²) in [5.74, 6) is 1.44. The Morgan fingerprint density at radius 1 is 1.44 bits per heavy atom. The highest BCUT2D eigenvalue weighted by atomic mass is 35.5. The lowest BCUT2D eigenvalue weighted by Gasteiger charge is -2.16. The van der Waals surface area contributed by atoms with Gasteiger partial charge in [-0.05, 0) is 24.1 Å². The fraction of sp³-hybridized carbons (Fsp3) is 0.538. The van der Waals surface area contributed by atoms with E-state index in [0.717, 1.165) is 18.6 Å². The number of hydrogen-bond donors (Lipinski definition) is 1. The summed E-state index contributed by atoms with van der Waals surface area (Å²) in [7, 11) is -0.927. The fourth-order valence-electron chi connectivity index (χ4n) is 2.07. The first-order valence-corrected chi connectivity index (χ1v) is 7.94. The van der Waals surface area contributed by atoms with Crippen LogP contribution >= 0.6 is 11.6 Å². The first kappa shape index (κ1) is 14.0. The van der Waals surface area contributed by atoms with Gasteiger partial charge < -0.3 is 10.5 Å². The SMILES string of the molecule is NC(CS(=O)Cc1ccc(Cl)cc1)C1CCOC1. The van der Waals surface area contributed by atoms with Crippen molar-refractivity contribution in [3.8, 4) is 0 Å². The summed E-state index contributed by atoms with van der Waals surface area (Å²) in [6.07, 6.45) is 0.985. The molecule has 1 aliphatic heterocycles. The quantitative estimate of drug-likeness (QED) is 0.901. The maximum absolute atomic E-state index is 12.0. The third-order valence-corrected chi connectivity index (χ3v) is 4.85. The maximum atomic E-state index is 12.0. The zero-order chi connectivity index (χ0) is 13.0. The molecule has 0 aromatic heterocycles. The number of hydrogen-bond acceptors (Lipinski definition) is 3. The van der Waals surface area contributed by atoms with Crippen molar-refractivity contribution in [1.29, 1.82) is 0 Å². The molecule has 1 fully saturated rings. The number of nitrogens with two attached hydrogens (primary N) is 1. The van der Waals surface area contributed by atoms with Gasteiger partial charge >= 0.3 is 0 Å². The first-order chi connectivity index (χ1) is 8.65. The molecule has 2 rings (SSSR count). The summed E-state index contributed by atoms with van der Waals surface area (Å²) in [6, 6.07) is 7.42. The highest BCUT2D eigenvalue weighted by molar-refractivity contribution is 7.84. The third kappa shape index (κ3) is 4.05. The van der Waals surface area contributed by atoms with Crippen molar-refractivity contribution in [3.05, 3.63) is 34.9 Å². The largest absolute Gasteiger partial charge is 0.381 e. The van der Waals surface area contributed by atoms with Crippen LogP contribution in [-0.2, 0) is 21.3 Å². The summed E-state index contributed by atoms with van der Waals surface area (Å²) in [6.45, 7) is 1.49. The number of halogens is 1. The molecule has 5 heteroatoms. The van der Waals surface area contributed by atoms with E-state index >= 15 is 0 Å². The van der Waals surface area contributed by atoms with Gasteiger partial charge in [-0.2, -0.15) is 0 Å². The molecular formula is C13H18ClNO2S. The molecule has 1 aromatic rings.